The molecule has 0 bridgehead atoms. The summed E-state index contributed by atoms with van der Waals surface area (Å²) in [5.41, 5.74) is 5.58. The van der Waals surface area contributed by atoms with Crippen molar-refractivity contribution >= 4 is 0 Å². The highest BCUT2D eigenvalue weighted by atomic mass is 16.5. The van der Waals surface area contributed by atoms with Gasteiger partial charge >= 0.3 is 0 Å². The molecule has 4 aromatic rings. The molecule has 1 aliphatic rings. The van der Waals surface area contributed by atoms with E-state index in [0.29, 0.717) is 0 Å². The summed E-state index contributed by atoms with van der Waals surface area (Å²) in [4.78, 5) is 0. The van der Waals surface area contributed by atoms with Crippen LogP contribution in [0.1, 0.15) is 23.0 Å². The SMILES string of the molecule is Cc1ccc2c(c1)-c1cc(-c3ccccc3)oc1C(c1ccccc1)O2. The van der Waals surface area contributed by atoms with Crippen molar-refractivity contribution in [1.29, 1.82) is 0 Å². The number of ether oxygens (including phenoxy) is 1. The highest BCUT2D eigenvalue weighted by Crippen LogP contribution is 2.47. The van der Waals surface area contributed by atoms with Gasteiger partial charge in [-0.05, 0) is 25.1 Å². The smallest absolute Gasteiger partial charge is 0.182 e. The molecule has 0 fully saturated rings. The fraction of sp³-hybridized carbons (Fsp3) is 0.0833. The Morgan fingerprint density at radius 3 is 2.23 bits per heavy atom. The highest BCUT2D eigenvalue weighted by molar-refractivity contribution is 5.79. The van der Waals surface area contributed by atoms with Crippen molar-refractivity contribution in [2.45, 2.75) is 13.0 Å². The quantitative estimate of drug-likeness (QED) is 0.422. The summed E-state index contributed by atoms with van der Waals surface area (Å²) in [5.74, 6) is 2.64. The van der Waals surface area contributed by atoms with Crippen molar-refractivity contribution in [3.05, 3.63) is 102 Å². The fourth-order valence-electron chi connectivity index (χ4n) is 3.54. The van der Waals surface area contributed by atoms with Gasteiger partial charge in [-0.2, -0.15) is 0 Å². The summed E-state index contributed by atoms with van der Waals surface area (Å²) < 4.78 is 12.7. The van der Waals surface area contributed by atoms with Gasteiger partial charge in [0.1, 0.15) is 11.5 Å². The van der Waals surface area contributed by atoms with E-state index in [1.54, 1.807) is 0 Å². The largest absolute Gasteiger partial charge is 0.477 e. The molecule has 1 unspecified atom stereocenters. The van der Waals surface area contributed by atoms with E-state index in [4.69, 9.17) is 9.15 Å². The fourth-order valence-corrected chi connectivity index (χ4v) is 3.54. The second-order valence-electron chi connectivity index (χ2n) is 6.66. The lowest BCUT2D eigenvalue weighted by Gasteiger charge is -2.25. The summed E-state index contributed by atoms with van der Waals surface area (Å²) in [6, 6.07) is 28.9. The minimum Gasteiger partial charge on any atom is -0.477 e. The summed E-state index contributed by atoms with van der Waals surface area (Å²) in [6.07, 6.45) is -0.237. The maximum Gasteiger partial charge on any atom is 0.182 e. The summed E-state index contributed by atoms with van der Waals surface area (Å²) in [7, 11) is 0. The van der Waals surface area contributed by atoms with E-state index < -0.39 is 0 Å². The molecule has 2 nitrogen and oxygen atoms in total. The van der Waals surface area contributed by atoms with Gasteiger partial charge in [0.2, 0.25) is 0 Å². The molecule has 2 heteroatoms. The van der Waals surface area contributed by atoms with Crippen LogP contribution in [0.25, 0.3) is 22.5 Å². The molecule has 0 saturated heterocycles. The monoisotopic (exact) mass is 338 g/mol. The number of hydrogen-bond donors (Lipinski definition) is 0. The van der Waals surface area contributed by atoms with Crippen LogP contribution in [-0.4, -0.2) is 0 Å². The zero-order valence-electron chi connectivity index (χ0n) is 14.5. The van der Waals surface area contributed by atoms with E-state index in [2.05, 4.69) is 55.5 Å². The van der Waals surface area contributed by atoms with Gasteiger partial charge in [-0.15, -0.1) is 0 Å². The van der Waals surface area contributed by atoms with Crippen molar-refractivity contribution in [3.63, 3.8) is 0 Å². The molecule has 0 saturated carbocycles. The van der Waals surface area contributed by atoms with Gasteiger partial charge < -0.3 is 9.15 Å². The van der Waals surface area contributed by atoms with Crippen molar-refractivity contribution < 1.29 is 9.15 Å². The molecule has 0 amide bonds. The number of benzene rings is 3. The van der Waals surface area contributed by atoms with Gasteiger partial charge in [0.05, 0.1) is 0 Å². The Morgan fingerprint density at radius 1 is 0.731 bits per heavy atom. The first-order chi connectivity index (χ1) is 12.8. The van der Waals surface area contributed by atoms with E-state index in [9.17, 15) is 0 Å². The highest BCUT2D eigenvalue weighted by Gasteiger charge is 2.31. The van der Waals surface area contributed by atoms with Gasteiger partial charge in [-0.3, -0.25) is 0 Å². The second kappa shape index (κ2) is 5.92. The van der Waals surface area contributed by atoms with E-state index in [1.165, 1.54) is 5.56 Å². The van der Waals surface area contributed by atoms with Crippen LogP contribution in [0.15, 0.2) is 89.3 Å². The van der Waals surface area contributed by atoms with Crippen LogP contribution in [0.3, 0.4) is 0 Å². The van der Waals surface area contributed by atoms with Gasteiger partial charge in [0.15, 0.2) is 11.9 Å². The predicted molar refractivity (Wildman–Crippen MR) is 103 cm³/mol. The Bertz CT molecular complexity index is 1060. The maximum atomic E-state index is 6.35. The molecule has 1 aromatic heterocycles. The van der Waals surface area contributed by atoms with Gasteiger partial charge in [0, 0.05) is 22.3 Å². The van der Waals surface area contributed by atoms with Crippen LogP contribution in [0.2, 0.25) is 0 Å². The van der Waals surface area contributed by atoms with Crippen molar-refractivity contribution in [1.82, 2.24) is 0 Å². The first kappa shape index (κ1) is 15.0. The first-order valence-corrected chi connectivity index (χ1v) is 8.81. The zero-order valence-corrected chi connectivity index (χ0v) is 14.5. The van der Waals surface area contributed by atoms with Crippen molar-refractivity contribution in [2.75, 3.05) is 0 Å². The lowest BCUT2D eigenvalue weighted by Crippen LogP contribution is -2.14. The molecular weight excluding hydrogens is 320 g/mol. The van der Waals surface area contributed by atoms with E-state index in [1.807, 2.05) is 36.4 Å². The number of aryl methyl sites for hydroxylation is 1. The summed E-state index contributed by atoms with van der Waals surface area (Å²) >= 11 is 0. The molecule has 2 heterocycles. The Labute approximate surface area is 152 Å². The minimum absolute atomic E-state index is 0.237. The Hall–Kier alpha value is -3.26. The molecule has 1 atom stereocenters. The van der Waals surface area contributed by atoms with Crippen LogP contribution >= 0.6 is 0 Å². The molecule has 1 aliphatic heterocycles. The molecule has 0 aliphatic carbocycles. The molecule has 0 N–H and O–H groups in total. The number of fused-ring (bicyclic) bond motifs is 3. The van der Waals surface area contributed by atoms with Crippen molar-refractivity contribution in [2.24, 2.45) is 0 Å². The van der Waals surface area contributed by atoms with Gasteiger partial charge in [0.25, 0.3) is 0 Å². The topological polar surface area (TPSA) is 22.4 Å². The first-order valence-electron chi connectivity index (χ1n) is 8.81. The molecule has 126 valence electrons. The van der Waals surface area contributed by atoms with Crippen LogP contribution in [-0.2, 0) is 0 Å². The molecule has 0 spiro atoms. The van der Waals surface area contributed by atoms with Crippen LogP contribution in [0.4, 0.5) is 0 Å². The van der Waals surface area contributed by atoms with E-state index in [0.717, 1.165) is 39.5 Å². The average Bonchev–Trinajstić information content (AvgIpc) is 3.15. The molecule has 26 heavy (non-hydrogen) atoms. The number of rotatable bonds is 2. The Kier molecular flexibility index (Phi) is 3.42. The Balaban J connectivity index is 1.72. The van der Waals surface area contributed by atoms with Gasteiger partial charge in [-0.1, -0.05) is 72.3 Å². The van der Waals surface area contributed by atoms with E-state index >= 15 is 0 Å². The third-order valence-corrected chi connectivity index (χ3v) is 4.83. The third-order valence-electron chi connectivity index (χ3n) is 4.83. The molecule has 3 aromatic carbocycles. The maximum absolute atomic E-state index is 6.35. The van der Waals surface area contributed by atoms with Gasteiger partial charge in [-0.25, -0.2) is 0 Å². The summed E-state index contributed by atoms with van der Waals surface area (Å²) in [6.45, 7) is 2.10. The normalized spacial score (nSPS) is 15.0. The predicted octanol–water partition coefficient (Wildman–Crippen LogP) is 6.40. The molecule has 0 radical (unpaired) electrons. The van der Waals surface area contributed by atoms with Crippen LogP contribution < -0.4 is 4.74 Å². The van der Waals surface area contributed by atoms with Crippen molar-refractivity contribution in [3.8, 4) is 28.2 Å². The van der Waals surface area contributed by atoms with Crippen LogP contribution in [0.5, 0.6) is 5.75 Å². The zero-order chi connectivity index (χ0) is 17.5. The number of hydrogen-bond acceptors (Lipinski definition) is 2. The standard InChI is InChI=1S/C24H18O2/c1-16-12-13-21-19(14-16)20-15-22(17-8-4-2-5-9-17)26-24(20)23(25-21)18-10-6-3-7-11-18/h2-15,23H,1H3. The molecule has 5 rings (SSSR count). The third kappa shape index (κ3) is 2.42. The lowest BCUT2D eigenvalue weighted by molar-refractivity contribution is 0.212. The summed E-state index contributed by atoms with van der Waals surface area (Å²) in [5, 5.41) is 0. The van der Waals surface area contributed by atoms with Crippen LogP contribution in [0, 0.1) is 6.92 Å². The second-order valence-corrected chi connectivity index (χ2v) is 6.66. The average molecular weight is 338 g/mol. The van der Waals surface area contributed by atoms with E-state index in [-0.39, 0.29) is 6.10 Å². The lowest BCUT2D eigenvalue weighted by atomic mass is 9.94. The minimum atomic E-state index is -0.237. The molecular formula is C24H18O2. The number of furan rings is 1. The Morgan fingerprint density at radius 2 is 1.46 bits per heavy atom.